The first kappa shape index (κ1) is 20.1. The zero-order valence-corrected chi connectivity index (χ0v) is 17.9. The third-order valence-electron chi connectivity index (χ3n) is 5.34. The van der Waals surface area contributed by atoms with Gasteiger partial charge in [-0.3, -0.25) is 9.36 Å². The van der Waals surface area contributed by atoms with E-state index in [0.717, 1.165) is 23.4 Å². The SMILES string of the molecule is COc1cc2c(cc1OC(C)C)-n1c(-c3ccc(C)c(F)c3)nc(C(C)=O)c1CC2. The number of carbonyl (C=O) groups is 1. The molecule has 1 aromatic heterocycles. The molecule has 2 aromatic carbocycles. The van der Waals surface area contributed by atoms with Crippen LogP contribution in [0.1, 0.15) is 48.1 Å². The second-order valence-corrected chi connectivity index (χ2v) is 7.88. The molecular weight excluding hydrogens is 383 g/mol. The first-order chi connectivity index (χ1) is 14.3. The van der Waals surface area contributed by atoms with E-state index in [2.05, 4.69) is 4.98 Å². The van der Waals surface area contributed by atoms with E-state index in [1.807, 2.05) is 36.6 Å². The zero-order valence-electron chi connectivity index (χ0n) is 17.9. The van der Waals surface area contributed by atoms with Crippen LogP contribution in [0.15, 0.2) is 30.3 Å². The third-order valence-corrected chi connectivity index (χ3v) is 5.34. The molecule has 0 saturated heterocycles. The summed E-state index contributed by atoms with van der Waals surface area (Å²) in [4.78, 5) is 17.0. The number of carbonyl (C=O) groups excluding carboxylic acids is 1. The minimum atomic E-state index is -0.302. The van der Waals surface area contributed by atoms with Crippen molar-refractivity contribution in [2.24, 2.45) is 0 Å². The van der Waals surface area contributed by atoms with Gasteiger partial charge in [0.25, 0.3) is 0 Å². The maximum Gasteiger partial charge on any atom is 0.180 e. The van der Waals surface area contributed by atoms with Crippen molar-refractivity contribution >= 4 is 5.78 Å². The lowest BCUT2D eigenvalue weighted by molar-refractivity contribution is 0.101. The predicted octanol–water partition coefficient (Wildman–Crippen LogP) is 5.08. The van der Waals surface area contributed by atoms with Crippen LogP contribution in [0, 0.1) is 12.7 Å². The molecule has 30 heavy (non-hydrogen) atoms. The van der Waals surface area contributed by atoms with Crippen LogP contribution >= 0.6 is 0 Å². The third kappa shape index (κ3) is 3.36. The molecule has 2 heterocycles. The Labute approximate surface area is 175 Å². The van der Waals surface area contributed by atoms with Crippen molar-refractivity contribution in [1.82, 2.24) is 9.55 Å². The van der Waals surface area contributed by atoms with Crippen LogP contribution in [0.2, 0.25) is 0 Å². The summed E-state index contributed by atoms with van der Waals surface area (Å²) in [5.41, 5.74) is 4.40. The average Bonchev–Trinajstić information content (AvgIpc) is 3.09. The van der Waals surface area contributed by atoms with Gasteiger partial charge in [-0.1, -0.05) is 12.1 Å². The number of imidazole rings is 1. The molecule has 156 valence electrons. The summed E-state index contributed by atoms with van der Waals surface area (Å²) in [6.07, 6.45) is 1.39. The Hall–Kier alpha value is -3.15. The monoisotopic (exact) mass is 408 g/mol. The van der Waals surface area contributed by atoms with E-state index in [4.69, 9.17) is 9.47 Å². The van der Waals surface area contributed by atoms with Crippen molar-refractivity contribution in [3.8, 4) is 28.6 Å². The standard InChI is InChI=1S/C24H25FN2O3/c1-13(2)30-22-12-20-16(11-21(22)29-5)8-9-19-23(15(4)28)26-24(27(19)20)17-7-6-14(3)18(25)10-17/h6-7,10-13H,8-9H2,1-5H3. The molecule has 1 aliphatic heterocycles. The molecule has 3 aromatic rings. The number of aromatic nitrogens is 2. The lowest BCUT2D eigenvalue weighted by Gasteiger charge is -2.24. The number of methoxy groups -OCH3 is 1. The number of hydrogen-bond acceptors (Lipinski definition) is 4. The van der Waals surface area contributed by atoms with Crippen LogP contribution in [0.4, 0.5) is 4.39 Å². The summed E-state index contributed by atoms with van der Waals surface area (Å²) in [5, 5.41) is 0. The molecule has 0 atom stereocenters. The van der Waals surface area contributed by atoms with Crippen molar-refractivity contribution in [3.05, 3.63) is 58.7 Å². The highest BCUT2D eigenvalue weighted by Gasteiger charge is 2.28. The van der Waals surface area contributed by atoms with Crippen molar-refractivity contribution in [3.63, 3.8) is 0 Å². The van der Waals surface area contributed by atoms with Gasteiger partial charge in [-0.15, -0.1) is 0 Å². The van der Waals surface area contributed by atoms with Gasteiger partial charge in [0.1, 0.15) is 17.3 Å². The molecule has 4 rings (SSSR count). The Morgan fingerprint density at radius 3 is 2.57 bits per heavy atom. The number of rotatable bonds is 5. The van der Waals surface area contributed by atoms with Crippen LogP contribution in [-0.2, 0) is 12.8 Å². The highest BCUT2D eigenvalue weighted by atomic mass is 19.1. The highest BCUT2D eigenvalue weighted by molar-refractivity contribution is 5.94. The summed E-state index contributed by atoms with van der Waals surface area (Å²) in [5.74, 6) is 1.44. The number of Topliss-reactive ketones (excluding diaryl/α,β-unsaturated/α-hetero) is 1. The molecule has 0 amide bonds. The minimum absolute atomic E-state index is 0.0266. The highest BCUT2D eigenvalue weighted by Crippen LogP contribution is 2.40. The van der Waals surface area contributed by atoms with Crippen molar-refractivity contribution in [2.75, 3.05) is 7.11 Å². The Morgan fingerprint density at radius 1 is 1.17 bits per heavy atom. The van der Waals surface area contributed by atoms with Crippen LogP contribution in [-0.4, -0.2) is 28.5 Å². The lowest BCUT2D eigenvalue weighted by Crippen LogP contribution is -2.16. The number of fused-ring (bicyclic) bond motifs is 3. The van der Waals surface area contributed by atoms with E-state index in [9.17, 15) is 9.18 Å². The van der Waals surface area contributed by atoms with Crippen LogP contribution in [0.3, 0.4) is 0 Å². The summed E-state index contributed by atoms with van der Waals surface area (Å²) >= 11 is 0. The largest absolute Gasteiger partial charge is 0.493 e. The number of ether oxygens (including phenoxy) is 2. The van der Waals surface area contributed by atoms with Crippen LogP contribution < -0.4 is 9.47 Å². The summed E-state index contributed by atoms with van der Waals surface area (Å²) in [7, 11) is 1.62. The van der Waals surface area contributed by atoms with E-state index < -0.39 is 0 Å². The first-order valence-corrected chi connectivity index (χ1v) is 10.1. The number of hydrogen-bond donors (Lipinski definition) is 0. The molecule has 0 unspecified atom stereocenters. The number of ketones is 1. The fourth-order valence-electron chi connectivity index (χ4n) is 3.91. The fraction of sp³-hybridized carbons (Fsp3) is 0.333. The Kier molecular flexibility index (Phi) is 5.10. The molecule has 6 heteroatoms. The van der Waals surface area contributed by atoms with E-state index in [-0.39, 0.29) is 17.7 Å². The van der Waals surface area contributed by atoms with Gasteiger partial charge in [-0.25, -0.2) is 9.37 Å². The van der Waals surface area contributed by atoms with Crippen molar-refractivity contribution in [1.29, 1.82) is 0 Å². The van der Waals surface area contributed by atoms with Gasteiger partial charge >= 0.3 is 0 Å². The Balaban J connectivity index is 1.99. The van der Waals surface area contributed by atoms with E-state index >= 15 is 0 Å². The van der Waals surface area contributed by atoms with E-state index in [1.165, 1.54) is 13.0 Å². The van der Waals surface area contributed by atoms with Crippen molar-refractivity contribution < 1.29 is 18.7 Å². The molecule has 0 N–H and O–H groups in total. The first-order valence-electron chi connectivity index (χ1n) is 10.1. The molecule has 1 aliphatic rings. The van der Waals surface area contributed by atoms with Gasteiger partial charge in [0.05, 0.1) is 24.6 Å². The second-order valence-electron chi connectivity index (χ2n) is 7.88. The summed E-state index contributed by atoms with van der Waals surface area (Å²) in [6.45, 7) is 7.14. The summed E-state index contributed by atoms with van der Waals surface area (Å²) < 4.78 is 27.8. The minimum Gasteiger partial charge on any atom is -0.493 e. The Morgan fingerprint density at radius 2 is 1.93 bits per heavy atom. The normalized spacial score (nSPS) is 12.5. The lowest BCUT2D eigenvalue weighted by atomic mass is 9.98. The Bertz CT molecular complexity index is 1150. The van der Waals surface area contributed by atoms with Gasteiger partial charge < -0.3 is 9.47 Å². The molecule has 0 saturated carbocycles. The predicted molar refractivity (Wildman–Crippen MR) is 113 cm³/mol. The topological polar surface area (TPSA) is 53.4 Å². The van der Waals surface area contributed by atoms with E-state index in [0.29, 0.717) is 40.6 Å². The van der Waals surface area contributed by atoms with Crippen LogP contribution in [0.25, 0.3) is 17.1 Å². The van der Waals surface area contributed by atoms with Gasteiger partial charge in [0, 0.05) is 18.6 Å². The molecule has 0 bridgehead atoms. The fourth-order valence-corrected chi connectivity index (χ4v) is 3.91. The molecule has 5 nitrogen and oxygen atoms in total. The number of benzene rings is 2. The molecular formula is C24H25FN2O3. The smallest absolute Gasteiger partial charge is 0.180 e. The maximum absolute atomic E-state index is 14.3. The second kappa shape index (κ2) is 7.59. The molecule has 0 aliphatic carbocycles. The quantitative estimate of drug-likeness (QED) is 0.552. The van der Waals surface area contributed by atoms with Gasteiger partial charge in [-0.2, -0.15) is 0 Å². The number of aryl methyl sites for hydroxylation is 2. The molecule has 0 spiro atoms. The zero-order chi connectivity index (χ0) is 21.6. The molecule has 0 fully saturated rings. The number of halogens is 1. The summed E-state index contributed by atoms with van der Waals surface area (Å²) in [6, 6.07) is 8.93. The number of nitrogens with zero attached hydrogens (tertiary/aromatic N) is 2. The maximum atomic E-state index is 14.3. The average molecular weight is 408 g/mol. The van der Waals surface area contributed by atoms with E-state index in [1.54, 1.807) is 20.1 Å². The van der Waals surface area contributed by atoms with Gasteiger partial charge in [0.2, 0.25) is 0 Å². The van der Waals surface area contributed by atoms with Gasteiger partial charge in [0.15, 0.2) is 17.3 Å². The van der Waals surface area contributed by atoms with Crippen LogP contribution in [0.5, 0.6) is 11.5 Å². The van der Waals surface area contributed by atoms with Gasteiger partial charge in [-0.05, 0) is 56.9 Å². The molecule has 0 radical (unpaired) electrons. The van der Waals surface area contributed by atoms with Crippen molar-refractivity contribution in [2.45, 2.75) is 46.6 Å².